The van der Waals surface area contributed by atoms with Crippen molar-refractivity contribution in [1.29, 1.82) is 0 Å². The van der Waals surface area contributed by atoms with Crippen LogP contribution in [-0.2, 0) is 11.3 Å². The van der Waals surface area contributed by atoms with E-state index in [1.165, 1.54) is 10.9 Å². The van der Waals surface area contributed by atoms with E-state index in [1.54, 1.807) is 24.2 Å². The molecule has 0 fully saturated rings. The number of benzene rings is 1. The third-order valence-corrected chi connectivity index (χ3v) is 4.74. The van der Waals surface area contributed by atoms with Gasteiger partial charge in [0.2, 0.25) is 0 Å². The molecule has 30 heavy (non-hydrogen) atoms. The molecule has 9 heteroatoms. The Hall–Kier alpha value is -3.98. The second-order valence-corrected chi connectivity index (χ2v) is 6.63. The van der Waals surface area contributed by atoms with E-state index in [9.17, 15) is 4.79 Å². The van der Waals surface area contributed by atoms with Crippen LogP contribution in [0, 0.1) is 0 Å². The van der Waals surface area contributed by atoms with Gasteiger partial charge in [0, 0.05) is 13.3 Å². The van der Waals surface area contributed by atoms with Crippen molar-refractivity contribution < 1.29 is 4.74 Å². The number of para-hydroxylation sites is 2. The molecule has 4 aromatic heterocycles. The second-order valence-electron chi connectivity index (χ2n) is 6.63. The van der Waals surface area contributed by atoms with Crippen LogP contribution >= 0.6 is 0 Å². The lowest BCUT2D eigenvalue weighted by atomic mass is 10.3. The van der Waals surface area contributed by atoms with E-state index in [0.717, 1.165) is 0 Å². The van der Waals surface area contributed by atoms with Crippen LogP contribution in [0.2, 0.25) is 0 Å². The average molecular weight is 399 g/mol. The van der Waals surface area contributed by atoms with E-state index in [0.29, 0.717) is 52.1 Å². The lowest BCUT2D eigenvalue weighted by molar-refractivity contribution is 0.186. The molecule has 0 N–H and O–H groups in total. The molecular weight excluding hydrogens is 382 g/mol. The topological polar surface area (TPSA) is 100 Å². The molecule has 0 amide bonds. The summed E-state index contributed by atoms with van der Waals surface area (Å²) < 4.78 is 8.15. The van der Waals surface area contributed by atoms with Gasteiger partial charge in [-0.3, -0.25) is 14.3 Å². The molecule has 9 nitrogen and oxygen atoms in total. The van der Waals surface area contributed by atoms with E-state index >= 15 is 0 Å². The molecule has 0 saturated heterocycles. The Labute approximate surface area is 170 Å². The molecule has 4 heterocycles. The molecule has 0 saturated carbocycles. The predicted molar refractivity (Wildman–Crippen MR) is 114 cm³/mol. The van der Waals surface area contributed by atoms with Crippen molar-refractivity contribution in [1.82, 2.24) is 29.2 Å². The van der Waals surface area contributed by atoms with Gasteiger partial charge < -0.3 is 4.74 Å². The highest BCUT2D eigenvalue weighted by molar-refractivity contribution is 6.04. The highest BCUT2D eigenvalue weighted by Gasteiger charge is 2.19. The third-order valence-electron chi connectivity index (χ3n) is 4.74. The van der Waals surface area contributed by atoms with Crippen LogP contribution in [0.3, 0.4) is 0 Å². The molecular formula is C21H17N7O2. The largest absolute Gasteiger partial charge is 0.383 e. The summed E-state index contributed by atoms with van der Waals surface area (Å²) in [6, 6.07) is 13.1. The summed E-state index contributed by atoms with van der Waals surface area (Å²) in [6.07, 6.45) is 4.79. The van der Waals surface area contributed by atoms with Gasteiger partial charge >= 0.3 is 0 Å². The van der Waals surface area contributed by atoms with Gasteiger partial charge in [-0.15, -0.1) is 0 Å². The Kier molecular flexibility index (Phi) is 4.49. The van der Waals surface area contributed by atoms with Crippen LogP contribution in [0.1, 0.15) is 5.69 Å². The van der Waals surface area contributed by atoms with Gasteiger partial charge in [-0.1, -0.05) is 18.2 Å². The average Bonchev–Trinajstić information content (AvgIpc) is 3.09. The monoisotopic (exact) mass is 399 g/mol. The zero-order valence-electron chi connectivity index (χ0n) is 16.1. The minimum absolute atomic E-state index is 0.210. The minimum Gasteiger partial charge on any atom is -0.383 e. The highest BCUT2D eigenvalue weighted by Crippen LogP contribution is 2.24. The molecule has 5 aromatic rings. The standard InChI is InChI=1S/C21H17N7O2/c1-30-11-10-27-13-23-19-17(21(27)29)18-20(26-16-8-3-2-7-15(16)25-18)28(19)24-12-14-6-4-5-9-22-14/h2-9,12-13H,10-11H2,1H3/b24-12+. The smallest absolute Gasteiger partial charge is 0.265 e. The van der Waals surface area contributed by atoms with Crippen molar-refractivity contribution in [3.05, 3.63) is 71.0 Å². The van der Waals surface area contributed by atoms with Crippen molar-refractivity contribution in [2.75, 3.05) is 13.7 Å². The summed E-state index contributed by atoms with van der Waals surface area (Å²) in [5, 5.41) is 4.90. The Bertz CT molecular complexity index is 1460. The molecule has 5 rings (SSSR count). The van der Waals surface area contributed by atoms with Crippen molar-refractivity contribution >= 4 is 39.4 Å². The number of methoxy groups -OCH3 is 1. The molecule has 0 bridgehead atoms. The zero-order valence-corrected chi connectivity index (χ0v) is 16.1. The molecule has 148 valence electrons. The SMILES string of the molecule is COCCn1cnc2c(c1=O)c1nc3ccccc3nc1n2/N=C/c1ccccn1. The number of fused-ring (bicyclic) bond motifs is 4. The van der Waals surface area contributed by atoms with Gasteiger partial charge in [-0.25, -0.2) is 15.0 Å². The Balaban J connectivity index is 1.82. The summed E-state index contributed by atoms with van der Waals surface area (Å²) in [7, 11) is 1.59. The van der Waals surface area contributed by atoms with Crippen LogP contribution in [0.15, 0.2) is 64.9 Å². The van der Waals surface area contributed by atoms with Crippen LogP contribution < -0.4 is 5.56 Å². The molecule has 0 atom stereocenters. The zero-order chi connectivity index (χ0) is 20.5. The fraction of sp³-hybridized carbons (Fsp3) is 0.143. The van der Waals surface area contributed by atoms with Gasteiger partial charge in [-0.2, -0.15) is 9.78 Å². The van der Waals surface area contributed by atoms with E-state index < -0.39 is 0 Å². The summed E-state index contributed by atoms with van der Waals surface area (Å²) in [5.41, 5.74) is 3.20. The van der Waals surface area contributed by atoms with Crippen molar-refractivity contribution in [3.63, 3.8) is 0 Å². The number of ether oxygens (including phenoxy) is 1. The first-order valence-corrected chi connectivity index (χ1v) is 9.37. The highest BCUT2D eigenvalue weighted by atomic mass is 16.5. The van der Waals surface area contributed by atoms with Crippen molar-refractivity contribution in [3.8, 4) is 0 Å². The lowest BCUT2D eigenvalue weighted by Crippen LogP contribution is -2.22. The quantitative estimate of drug-likeness (QED) is 0.420. The van der Waals surface area contributed by atoms with Gasteiger partial charge in [0.05, 0.1) is 36.1 Å². The van der Waals surface area contributed by atoms with Crippen molar-refractivity contribution in [2.24, 2.45) is 5.10 Å². The van der Waals surface area contributed by atoms with Crippen LogP contribution in [0.5, 0.6) is 0 Å². The number of hydrogen-bond acceptors (Lipinski definition) is 7. The minimum atomic E-state index is -0.210. The maximum Gasteiger partial charge on any atom is 0.265 e. The number of rotatable bonds is 5. The van der Waals surface area contributed by atoms with Gasteiger partial charge in [0.15, 0.2) is 11.3 Å². The lowest BCUT2D eigenvalue weighted by Gasteiger charge is -2.04. The molecule has 0 aliphatic heterocycles. The molecule has 0 aliphatic carbocycles. The molecule has 0 radical (unpaired) electrons. The van der Waals surface area contributed by atoms with Crippen LogP contribution in [0.25, 0.3) is 33.2 Å². The van der Waals surface area contributed by atoms with E-state index in [2.05, 4.69) is 15.1 Å². The molecule has 1 aromatic carbocycles. The Morgan fingerprint density at radius 1 is 1.03 bits per heavy atom. The first-order valence-electron chi connectivity index (χ1n) is 9.37. The first kappa shape index (κ1) is 18.1. The Morgan fingerprint density at radius 2 is 1.83 bits per heavy atom. The molecule has 0 aliphatic rings. The third kappa shape index (κ3) is 3.01. The fourth-order valence-electron chi connectivity index (χ4n) is 3.28. The summed E-state index contributed by atoms with van der Waals surface area (Å²) in [5.74, 6) is 0. The fourth-order valence-corrected chi connectivity index (χ4v) is 3.28. The molecule has 0 spiro atoms. The van der Waals surface area contributed by atoms with Gasteiger partial charge in [0.1, 0.15) is 17.2 Å². The number of aromatic nitrogens is 6. The summed E-state index contributed by atoms with van der Waals surface area (Å²) in [4.78, 5) is 31.4. The van der Waals surface area contributed by atoms with E-state index in [1.807, 2.05) is 42.5 Å². The molecule has 0 unspecified atom stereocenters. The van der Waals surface area contributed by atoms with Crippen LogP contribution in [-0.4, -0.2) is 49.1 Å². The first-order chi connectivity index (χ1) is 14.8. The number of hydrogen-bond donors (Lipinski definition) is 0. The van der Waals surface area contributed by atoms with Gasteiger partial charge in [0.25, 0.3) is 5.56 Å². The number of nitrogens with zero attached hydrogens (tertiary/aromatic N) is 7. The maximum atomic E-state index is 13.2. The number of pyridine rings is 1. The normalized spacial score (nSPS) is 11.9. The maximum absolute atomic E-state index is 13.2. The summed E-state index contributed by atoms with van der Waals surface area (Å²) >= 11 is 0. The summed E-state index contributed by atoms with van der Waals surface area (Å²) in [6.45, 7) is 0.793. The Morgan fingerprint density at radius 3 is 2.60 bits per heavy atom. The van der Waals surface area contributed by atoms with E-state index in [4.69, 9.17) is 14.7 Å². The van der Waals surface area contributed by atoms with Crippen molar-refractivity contribution in [2.45, 2.75) is 6.54 Å². The second kappa shape index (κ2) is 7.45. The predicted octanol–water partition coefficient (Wildman–Crippen LogP) is 2.22. The van der Waals surface area contributed by atoms with Gasteiger partial charge in [-0.05, 0) is 24.3 Å². The van der Waals surface area contributed by atoms with Crippen LogP contribution in [0.4, 0.5) is 0 Å². The van der Waals surface area contributed by atoms with E-state index in [-0.39, 0.29) is 5.56 Å².